The van der Waals surface area contributed by atoms with Crippen molar-refractivity contribution >= 4 is 14.9 Å². The highest BCUT2D eigenvalue weighted by molar-refractivity contribution is 6.48. The molecule has 1 aromatic carbocycles. The van der Waals surface area contributed by atoms with Gasteiger partial charge in [0.15, 0.2) is 0 Å². The first kappa shape index (κ1) is 11.2. The summed E-state index contributed by atoms with van der Waals surface area (Å²) in [4.78, 5) is 0. The Labute approximate surface area is 86.6 Å². The number of aromatic hydroxyl groups is 1. The molecule has 1 rings (SSSR count). The summed E-state index contributed by atoms with van der Waals surface area (Å²) in [5.41, 5.74) is 0. The molecule has 0 saturated carbocycles. The van der Waals surface area contributed by atoms with Crippen molar-refractivity contribution in [3.8, 4) is 5.75 Å². The molecule has 14 heavy (non-hydrogen) atoms. The maximum Gasteiger partial charge on any atom is 0.276 e. The van der Waals surface area contributed by atoms with Crippen molar-refractivity contribution in [3.05, 3.63) is 24.3 Å². The van der Waals surface area contributed by atoms with Crippen molar-refractivity contribution < 1.29 is 14.3 Å². The maximum atomic E-state index is 9.45. The fourth-order valence-electron chi connectivity index (χ4n) is 0.987. The third-order valence-electron chi connectivity index (χ3n) is 1.80. The quantitative estimate of drug-likeness (QED) is 0.583. The predicted octanol–water partition coefficient (Wildman–Crippen LogP) is 1.04. The summed E-state index contributed by atoms with van der Waals surface area (Å²) in [5, 5.41) is 10.3. The number of methoxy groups -OCH3 is 1. The van der Waals surface area contributed by atoms with Gasteiger partial charge in [-0.3, -0.25) is 0 Å². The molecule has 0 bridgehead atoms. The van der Waals surface area contributed by atoms with Crippen molar-refractivity contribution in [3.63, 3.8) is 0 Å². The number of rotatable bonds is 5. The lowest BCUT2D eigenvalue weighted by Gasteiger charge is -2.13. The van der Waals surface area contributed by atoms with Crippen molar-refractivity contribution in [2.45, 2.75) is 19.6 Å². The van der Waals surface area contributed by atoms with Crippen LogP contribution < -0.4 is 5.19 Å². The first-order valence-electron chi connectivity index (χ1n) is 4.50. The second-order valence-electron chi connectivity index (χ2n) is 2.81. The fraction of sp³-hybridized carbons (Fsp3) is 0.400. The van der Waals surface area contributed by atoms with E-state index in [1.165, 1.54) is 0 Å². The van der Waals surface area contributed by atoms with E-state index in [0.29, 0.717) is 0 Å². The predicted molar refractivity (Wildman–Crippen MR) is 55.7 cm³/mol. The van der Waals surface area contributed by atoms with Crippen molar-refractivity contribution in [1.82, 2.24) is 0 Å². The van der Waals surface area contributed by atoms with Gasteiger partial charge in [0.25, 0.3) is 9.76 Å². The van der Waals surface area contributed by atoms with Gasteiger partial charge in [0.05, 0.1) is 0 Å². The van der Waals surface area contributed by atoms with Gasteiger partial charge in [-0.15, -0.1) is 0 Å². The highest BCUT2D eigenvalue weighted by atomic mass is 28.2. The molecule has 1 N–H and O–H groups in total. The van der Waals surface area contributed by atoms with Gasteiger partial charge >= 0.3 is 0 Å². The van der Waals surface area contributed by atoms with E-state index in [4.69, 9.17) is 9.16 Å². The van der Waals surface area contributed by atoms with Gasteiger partial charge < -0.3 is 14.3 Å². The lowest BCUT2D eigenvalue weighted by Crippen LogP contribution is -2.25. The van der Waals surface area contributed by atoms with E-state index in [2.05, 4.69) is 0 Å². The van der Waals surface area contributed by atoms with Gasteiger partial charge in [-0.1, -0.05) is 25.1 Å². The first-order chi connectivity index (χ1) is 6.77. The number of phenolic OH excluding ortho intramolecular Hbond substituents is 1. The van der Waals surface area contributed by atoms with Crippen LogP contribution in [0.15, 0.2) is 24.3 Å². The molecule has 0 fully saturated rings. The van der Waals surface area contributed by atoms with Crippen molar-refractivity contribution in [1.29, 1.82) is 0 Å². The Morgan fingerprint density at radius 3 is 2.71 bits per heavy atom. The van der Waals surface area contributed by atoms with Crippen LogP contribution in [0.4, 0.5) is 0 Å². The van der Waals surface area contributed by atoms with Gasteiger partial charge in [-0.05, 0) is 12.5 Å². The average molecular weight is 210 g/mol. The summed E-state index contributed by atoms with van der Waals surface area (Å²) in [6.45, 7) is 1.99. The Bertz CT molecular complexity index is 274. The summed E-state index contributed by atoms with van der Waals surface area (Å²) >= 11 is 0. The summed E-state index contributed by atoms with van der Waals surface area (Å²) in [7, 11) is 1.74. The Balaban J connectivity index is 2.49. The zero-order chi connectivity index (χ0) is 10.4. The van der Waals surface area contributed by atoms with E-state index in [1.807, 2.05) is 19.1 Å². The molecule has 0 aliphatic heterocycles. The van der Waals surface area contributed by atoms with Crippen LogP contribution in [0.5, 0.6) is 5.75 Å². The highest BCUT2D eigenvalue weighted by Gasteiger charge is 2.08. The minimum atomic E-state index is -0.187. The molecule has 0 amide bonds. The third kappa shape index (κ3) is 3.14. The maximum absolute atomic E-state index is 9.45. The molecule has 0 aliphatic carbocycles. The number of hydrogen-bond acceptors (Lipinski definition) is 3. The van der Waals surface area contributed by atoms with Crippen LogP contribution in [0.1, 0.15) is 13.3 Å². The summed E-state index contributed by atoms with van der Waals surface area (Å²) in [6.07, 6.45) is 0.616. The van der Waals surface area contributed by atoms with Gasteiger partial charge in [0.2, 0.25) is 0 Å². The standard InChI is InChI=1S/C10H14O3Si/c1-3-10(12-2)13-14-9-7-5-4-6-8(9)11/h4-7,10-11H,3H2,1-2H3. The molecule has 1 unspecified atom stereocenters. The molecular weight excluding hydrogens is 196 g/mol. The van der Waals surface area contributed by atoms with E-state index in [9.17, 15) is 5.11 Å². The van der Waals surface area contributed by atoms with Gasteiger partial charge in [-0.25, -0.2) is 0 Å². The zero-order valence-corrected chi connectivity index (χ0v) is 9.36. The number of ether oxygens (including phenoxy) is 1. The molecule has 2 radical (unpaired) electrons. The molecular formula is C10H14O3Si. The van der Waals surface area contributed by atoms with E-state index >= 15 is 0 Å². The molecule has 0 heterocycles. The monoisotopic (exact) mass is 210 g/mol. The van der Waals surface area contributed by atoms with Gasteiger partial charge in [0, 0.05) is 12.3 Å². The number of benzene rings is 1. The molecule has 4 heteroatoms. The average Bonchev–Trinajstić information content (AvgIpc) is 2.22. The van der Waals surface area contributed by atoms with Gasteiger partial charge in [-0.2, -0.15) is 0 Å². The van der Waals surface area contributed by atoms with Crippen molar-refractivity contribution in [2.75, 3.05) is 7.11 Å². The molecule has 0 saturated heterocycles. The van der Waals surface area contributed by atoms with E-state index in [0.717, 1.165) is 11.6 Å². The molecule has 1 aromatic rings. The second kappa shape index (κ2) is 5.80. The summed E-state index contributed by atoms with van der Waals surface area (Å²) in [6, 6.07) is 7.16. The Morgan fingerprint density at radius 2 is 2.14 bits per heavy atom. The normalized spacial score (nSPS) is 12.7. The molecule has 0 spiro atoms. The van der Waals surface area contributed by atoms with E-state index in [1.54, 1.807) is 19.2 Å². The molecule has 0 aliphatic rings. The minimum absolute atomic E-state index is 0.122. The largest absolute Gasteiger partial charge is 0.508 e. The first-order valence-corrected chi connectivity index (χ1v) is 5.41. The molecule has 76 valence electrons. The van der Waals surface area contributed by atoms with E-state index < -0.39 is 0 Å². The Kier molecular flexibility index (Phi) is 4.65. The summed E-state index contributed by atoms with van der Waals surface area (Å²) in [5.74, 6) is 0.275. The van der Waals surface area contributed by atoms with Crippen LogP contribution in [-0.2, 0) is 9.16 Å². The zero-order valence-electron chi connectivity index (χ0n) is 8.36. The minimum Gasteiger partial charge on any atom is -0.508 e. The van der Waals surface area contributed by atoms with Crippen LogP contribution >= 0.6 is 0 Å². The number of phenols is 1. The molecule has 3 nitrogen and oxygen atoms in total. The Hall–Kier alpha value is -0.843. The highest BCUT2D eigenvalue weighted by Crippen LogP contribution is 2.03. The molecule has 1 atom stereocenters. The van der Waals surface area contributed by atoms with Crippen LogP contribution in [0, 0.1) is 0 Å². The smallest absolute Gasteiger partial charge is 0.276 e. The van der Waals surface area contributed by atoms with Crippen LogP contribution in [0.3, 0.4) is 0 Å². The second-order valence-corrected chi connectivity index (χ2v) is 3.79. The lowest BCUT2D eigenvalue weighted by atomic mass is 10.3. The van der Waals surface area contributed by atoms with Crippen LogP contribution in [0.25, 0.3) is 0 Å². The van der Waals surface area contributed by atoms with Gasteiger partial charge in [0.1, 0.15) is 12.0 Å². The number of hydrogen-bond donors (Lipinski definition) is 1. The lowest BCUT2D eigenvalue weighted by molar-refractivity contribution is -0.0525. The van der Waals surface area contributed by atoms with E-state index in [-0.39, 0.29) is 21.8 Å². The fourth-order valence-corrected chi connectivity index (χ4v) is 1.86. The Morgan fingerprint density at radius 1 is 1.43 bits per heavy atom. The third-order valence-corrected chi connectivity index (χ3v) is 2.82. The number of para-hydroxylation sites is 1. The van der Waals surface area contributed by atoms with Crippen LogP contribution in [0.2, 0.25) is 0 Å². The van der Waals surface area contributed by atoms with Crippen LogP contribution in [-0.4, -0.2) is 28.3 Å². The van der Waals surface area contributed by atoms with Crippen molar-refractivity contribution in [2.24, 2.45) is 0 Å². The molecule has 0 aromatic heterocycles. The topological polar surface area (TPSA) is 38.7 Å². The summed E-state index contributed by atoms with van der Waals surface area (Å²) < 4.78 is 10.5. The SMILES string of the molecule is CCC(OC)O[Si]c1ccccc1O.